The molecule has 3 rings (SSSR count). The molecule has 9 nitrogen and oxygen atoms in total. The molecule has 3 aromatic heterocycles. The first-order valence-electron chi connectivity index (χ1n) is 6.79. The van der Waals surface area contributed by atoms with Crippen LogP contribution in [-0.2, 0) is 6.54 Å². The number of nitrogens with one attached hydrogen (secondary N) is 2. The highest BCUT2D eigenvalue weighted by molar-refractivity contribution is 6.07. The van der Waals surface area contributed by atoms with E-state index in [2.05, 4.69) is 25.4 Å². The van der Waals surface area contributed by atoms with Crippen LogP contribution in [0.1, 0.15) is 11.4 Å². The molecule has 0 saturated heterocycles. The highest BCUT2D eigenvalue weighted by Crippen LogP contribution is 2.17. The molecule has 0 atom stereocenters. The van der Waals surface area contributed by atoms with Gasteiger partial charge < -0.3 is 22.2 Å². The number of fused-ring (bicyclic) bond motifs is 1. The van der Waals surface area contributed by atoms with Crippen molar-refractivity contribution in [2.45, 2.75) is 6.54 Å². The highest BCUT2D eigenvalue weighted by atomic mass is 15.2. The molecule has 3 aromatic rings. The maximum atomic E-state index is 7.31. The molecule has 116 valence electrons. The number of hydrogen-bond donors (Lipinski definition) is 4. The van der Waals surface area contributed by atoms with Crippen molar-refractivity contribution in [1.82, 2.24) is 24.6 Å². The van der Waals surface area contributed by atoms with Crippen LogP contribution in [-0.4, -0.2) is 30.8 Å². The third-order valence-corrected chi connectivity index (χ3v) is 3.18. The van der Waals surface area contributed by atoms with Gasteiger partial charge in [-0.15, -0.1) is 0 Å². The monoisotopic (exact) mass is 309 g/mol. The molecule has 0 radical (unpaired) electrons. The van der Waals surface area contributed by atoms with Crippen molar-refractivity contribution >= 4 is 29.1 Å². The summed E-state index contributed by atoms with van der Waals surface area (Å²) >= 11 is 0. The van der Waals surface area contributed by atoms with Crippen molar-refractivity contribution in [1.29, 1.82) is 5.41 Å². The lowest BCUT2D eigenvalue weighted by Gasteiger charge is -2.09. The van der Waals surface area contributed by atoms with Gasteiger partial charge in [0.05, 0.1) is 24.1 Å². The number of nitrogen functional groups attached to an aromatic ring is 1. The molecule has 0 amide bonds. The maximum absolute atomic E-state index is 7.31. The van der Waals surface area contributed by atoms with Crippen LogP contribution in [0.5, 0.6) is 0 Å². The largest absolute Gasteiger partial charge is 0.404 e. The topological polar surface area (TPSA) is 144 Å². The summed E-state index contributed by atoms with van der Waals surface area (Å²) in [4.78, 5) is 12.5. The molecule has 3 heterocycles. The van der Waals surface area contributed by atoms with Gasteiger partial charge in [0.2, 0.25) is 0 Å². The smallest absolute Gasteiger partial charge is 0.169 e. The van der Waals surface area contributed by atoms with Crippen LogP contribution >= 0.6 is 0 Å². The summed E-state index contributed by atoms with van der Waals surface area (Å²) in [5, 5.41) is 14.8. The molecule has 0 saturated carbocycles. The summed E-state index contributed by atoms with van der Waals surface area (Å²) in [5.41, 5.74) is 13.8. The van der Waals surface area contributed by atoms with E-state index in [4.69, 9.17) is 16.9 Å². The maximum Gasteiger partial charge on any atom is 0.169 e. The third kappa shape index (κ3) is 2.93. The Labute approximate surface area is 131 Å². The predicted octanol–water partition coefficient (Wildman–Crippen LogP) is 0.663. The Hall–Kier alpha value is -3.49. The van der Waals surface area contributed by atoms with E-state index in [0.717, 1.165) is 17.6 Å². The third-order valence-electron chi connectivity index (χ3n) is 3.18. The van der Waals surface area contributed by atoms with Crippen molar-refractivity contribution in [2.24, 2.45) is 5.73 Å². The molecule has 6 N–H and O–H groups in total. The molecule has 0 aliphatic heterocycles. The van der Waals surface area contributed by atoms with Gasteiger partial charge in [0.25, 0.3) is 0 Å². The van der Waals surface area contributed by atoms with Crippen molar-refractivity contribution in [3.8, 4) is 0 Å². The number of nitrogens with zero attached hydrogens (tertiary/aromatic N) is 5. The lowest BCUT2D eigenvalue weighted by atomic mass is 10.2. The van der Waals surface area contributed by atoms with Gasteiger partial charge in [-0.05, 0) is 12.1 Å². The Bertz CT molecular complexity index is 881. The molecule has 0 spiro atoms. The molecule has 0 aliphatic carbocycles. The van der Waals surface area contributed by atoms with Gasteiger partial charge in [0, 0.05) is 30.4 Å². The van der Waals surface area contributed by atoms with E-state index in [-0.39, 0.29) is 5.82 Å². The fourth-order valence-electron chi connectivity index (χ4n) is 2.00. The van der Waals surface area contributed by atoms with Gasteiger partial charge in [0.1, 0.15) is 0 Å². The molecular formula is C14H15N9. The summed E-state index contributed by atoms with van der Waals surface area (Å²) < 4.78 is 1.69. The zero-order valence-corrected chi connectivity index (χ0v) is 12.1. The molecule has 0 aliphatic rings. The van der Waals surface area contributed by atoms with E-state index in [1.54, 1.807) is 16.9 Å². The van der Waals surface area contributed by atoms with Crippen LogP contribution in [0.2, 0.25) is 0 Å². The molecule has 0 unspecified atom stereocenters. The van der Waals surface area contributed by atoms with E-state index in [0.29, 0.717) is 23.6 Å². The first kappa shape index (κ1) is 14.4. The van der Waals surface area contributed by atoms with Crippen molar-refractivity contribution in [3.05, 3.63) is 48.3 Å². The minimum Gasteiger partial charge on any atom is -0.404 e. The van der Waals surface area contributed by atoms with Gasteiger partial charge in [-0.25, -0.2) is 19.5 Å². The Morgan fingerprint density at radius 2 is 2.22 bits per heavy atom. The predicted molar refractivity (Wildman–Crippen MR) is 87.7 cm³/mol. The Balaban J connectivity index is 1.81. The minimum atomic E-state index is 0.263. The van der Waals surface area contributed by atoms with Crippen LogP contribution in [0.25, 0.3) is 11.2 Å². The minimum absolute atomic E-state index is 0.263. The SMILES string of the molecule is N=C/C(=C\N)c1cnc(N)c(NCc2ccc3nccn3n2)n1. The Morgan fingerprint density at radius 3 is 3.00 bits per heavy atom. The number of rotatable bonds is 5. The van der Waals surface area contributed by atoms with E-state index >= 15 is 0 Å². The summed E-state index contributed by atoms with van der Waals surface area (Å²) in [7, 11) is 0. The second kappa shape index (κ2) is 6.10. The van der Waals surface area contributed by atoms with Crippen LogP contribution in [0.15, 0.2) is 36.9 Å². The normalized spacial score (nSPS) is 11.6. The van der Waals surface area contributed by atoms with Crippen molar-refractivity contribution in [3.63, 3.8) is 0 Å². The van der Waals surface area contributed by atoms with Crippen LogP contribution in [0, 0.1) is 5.41 Å². The highest BCUT2D eigenvalue weighted by Gasteiger charge is 2.08. The van der Waals surface area contributed by atoms with Crippen molar-refractivity contribution in [2.75, 3.05) is 11.1 Å². The van der Waals surface area contributed by atoms with Gasteiger partial charge in [0.15, 0.2) is 17.3 Å². The molecule has 9 heteroatoms. The molecule has 23 heavy (non-hydrogen) atoms. The number of aromatic nitrogens is 5. The van der Waals surface area contributed by atoms with Gasteiger partial charge in [-0.1, -0.05) is 0 Å². The molecular weight excluding hydrogens is 294 g/mol. The first-order chi connectivity index (χ1) is 11.2. The van der Waals surface area contributed by atoms with E-state index in [1.165, 1.54) is 12.4 Å². The molecule has 0 aromatic carbocycles. The zero-order chi connectivity index (χ0) is 16.2. The average Bonchev–Trinajstić information content (AvgIpc) is 3.03. The van der Waals surface area contributed by atoms with Crippen molar-refractivity contribution < 1.29 is 0 Å². The molecule has 0 bridgehead atoms. The number of nitrogens with two attached hydrogens (primary N) is 2. The fraction of sp³-hybridized carbons (Fsp3) is 0.0714. The van der Waals surface area contributed by atoms with E-state index < -0.39 is 0 Å². The number of allylic oxidation sites excluding steroid dienone is 1. The second-order valence-corrected chi connectivity index (χ2v) is 4.66. The quantitative estimate of drug-likeness (QED) is 0.507. The summed E-state index contributed by atoms with van der Waals surface area (Å²) in [6, 6.07) is 3.74. The van der Waals surface area contributed by atoms with Crippen LogP contribution < -0.4 is 16.8 Å². The summed E-state index contributed by atoms with van der Waals surface area (Å²) in [5.74, 6) is 0.676. The first-order valence-corrected chi connectivity index (χ1v) is 6.79. The van der Waals surface area contributed by atoms with Gasteiger partial charge >= 0.3 is 0 Å². The number of imidazole rings is 1. The Morgan fingerprint density at radius 1 is 1.35 bits per heavy atom. The van der Waals surface area contributed by atoms with Gasteiger partial charge in [-0.2, -0.15) is 5.10 Å². The summed E-state index contributed by atoms with van der Waals surface area (Å²) in [6.07, 6.45) is 7.34. The number of hydrogen-bond acceptors (Lipinski definition) is 8. The Kier molecular flexibility index (Phi) is 3.83. The zero-order valence-electron chi connectivity index (χ0n) is 12.1. The molecule has 0 fully saturated rings. The standard InChI is InChI=1S/C14H15N9/c15-5-9(6-16)11-8-19-13(17)14(21-11)20-7-10-1-2-12-18-3-4-23(12)22-10/h1-6,8,15H,7,16H2,(H2,17,19)(H,20,21)/b9-6+,15-5?. The average molecular weight is 309 g/mol. The van der Waals surface area contributed by atoms with Crippen LogP contribution in [0.3, 0.4) is 0 Å². The second-order valence-electron chi connectivity index (χ2n) is 4.66. The summed E-state index contributed by atoms with van der Waals surface area (Å²) in [6.45, 7) is 0.419. The number of anilines is 2. The van der Waals surface area contributed by atoms with E-state index in [9.17, 15) is 0 Å². The lowest BCUT2D eigenvalue weighted by Crippen LogP contribution is -2.10. The lowest BCUT2D eigenvalue weighted by molar-refractivity contribution is 0.863. The van der Waals surface area contributed by atoms with Gasteiger partial charge in [-0.3, -0.25) is 0 Å². The van der Waals surface area contributed by atoms with E-state index in [1.807, 2.05) is 12.1 Å². The van der Waals surface area contributed by atoms with Crippen LogP contribution in [0.4, 0.5) is 11.6 Å². The fourth-order valence-corrected chi connectivity index (χ4v) is 2.00.